The highest BCUT2D eigenvalue weighted by Crippen LogP contribution is 2.47. The fourth-order valence-corrected chi connectivity index (χ4v) is 3.76. The molecule has 0 heterocycles. The zero-order valence-electron chi connectivity index (χ0n) is 17.9. The van der Waals surface area contributed by atoms with Crippen molar-refractivity contribution in [2.75, 3.05) is 21.3 Å². The van der Waals surface area contributed by atoms with Crippen LogP contribution in [0.25, 0.3) is 22.3 Å². The van der Waals surface area contributed by atoms with E-state index >= 15 is 0 Å². The fourth-order valence-electron chi connectivity index (χ4n) is 3.76. The highest BCUT2D eigenvalue weighted by molar-refractivity contribution is 5.91. The zero-order chi connectivity index (χ0) is 21.1. The summed E-state index contributed by atoms with van der Waals surface area (Å²) < 4.78 is 16.5. The summed E-state index contributed by atoms with van der Waals surface area (Å²) in [5.74, 6) is 2.34. The lowest BCUT2D eigenvalue weighted by Gasteiger charge is -2.20. The molecule has 29 heavy (non-hydrogen) atoms. The monoisotopic (exact) mass is 392 g/mol. The minimum atomic E-state index is 0.187. The van der Waals surface area contributed by atoms with Crippen LogP contribution in [0.3, 0.4) is 0 Å². The Morgan fingerprint density at radius 3 is 1.79 bits per heavy atom. The fraction of sp³-hybridized carbons (Fsp3) is 0.280. The van der Waals surface area contributed by atoms with E-state index in [2.05, 4.69) is 12.1 Å². The van der Waals surface area contributed by atoms with Gasteiger partial charge in [0.2, 0.25) is 0 Å². The van der Waals surface area contributed by atoms with E-state index in [1.54, 1.807) is 21.3 Å². The number of aryl methyl sites for hydroxylation is 3. The van der Waals surface area contributed by atoms with Crippen molar-refractivity contribution >= 4 is 0 Å². The van der Waals surface area contributed by atoms with Gasteiger partial charge in [-0.3, -0.25) is 0 Å². The molecule has 0 atom stereocenters. The maximum Gasteiger partial charge on any atom is 0.169 e. The van der Waals surface area contributed by atoms with Crippen molar-refractivity contribution in [1.29, 1.82) is 0 Å². The first-order chi connectivity index (χ1) is 13.9. The van der Waals surface area contributed by atoms with Gasteiger partial charge in [0.05, 0.1) is 21.3 Å². The van der Waals surface area contributed by atoms with Gasteiger partial charge in [-0.25, -0.2) is 0 Å². The van der Waals surface area contributed by atoms with Crippen molar-refractivity contribution in [3.8, 4) is 45.3 Å². The first kappa shape index (κ1) is 20.6. The molecule has 0 saturated carbocycles. The molecule has 1 N–H and O–H groups in total. The van der Waals surface area contributed by atoms with Gasteiger partial charge < -0.3 is 19.3 Å². The summed E-state index contributed by atoms with van der Waals surface area (Å²) in [5.41, 5.74) is 6.78. The molecule has 0 spiro atoms. The summed E-state index contributed by atoms with van der Waals surface area (Å²) in [6.45, 7) is 6.05. The molecule has 0 radical (unpaired) electrons. The topological polar surface area (TPSA) is 47.9 Å². The van der Waals surface area contributed by atoms with E-state index in [0.29, 0.717) is 12.2 Å². The predicted molar refractivity (Wildman–Crippen MR) is 117 cm³/mol. The zero-order valence-corrected chi connectivity index (χ0v) is 17.9. The van der Waals surface area contributed by atoms with Crippen molar-refractivity contribution in [3.63, 3.8) is 0 Å². The molecule has 0 bridgehead atoms. The van der Waals surface area contributed by atoms with Gasteiger partial charge in [0.1, 0.15) is 11.5 Å². The van der Waals surface area contributed by atoms with Gasteiger partial charge in [0.25, 0.3) is 0 Å². The summed E-state index contributed by atoms with van der Waals surface area (Å²) in [6.07, 6.45) is 0.701. The number of aromatic hydroxyl groups is 1. The molecule has 3 aromatic rings. The van der Waals surface area contributed by atoms with Crippen LogP contribution in [0.1, 0.15) is 23.6 Å². The van der Waals surface area contributed by atoms with Crippen LogP contribution in [0, 0.1) is 13.8 Å². The molecule has 0 saturated heterocycles. The Labute approximate surface area is 172 Å². The summed E-state index contributed by atoms with van der Waals surface area (Å²) in [7, 11) is 4.93. The Morgan fingerprint density at radius 2 is 1.31 bits per heavy atom. The minimum absolute atomic E-state index is 0.187. The molecule has 0 fully saturated rings. The summed E-state index contributed by atoms with van der Waals surface area (Å²) in [6, 6.07) is 14.2. The van der Waals surface area contributed by atoms with Crippen LogP contribution in [0.2, 0.25) is 0 Å². The Kier molecular flexibility index (Phi) is 6.02. The lowest BCUT2D eigenvalue weighted by atomic mass is 9.89. The van der Waals surface area contributed by atoms with Gasteiger partial charge in [0, 0.05) is 5.56 Å². The van der Waals surface area contributed by atoms with Crippen LogP contribution >= 0.6 is 0 Å². The standard InChI is InChI=1S/C25H28O4/c1-7-17-14-20(18-8-10-21(27-4)15(2)12-18)23(25(29-6)24(17)26)19-9-11-22(28-5)16(3)13-19/h8-14,26H,7H2,1-6H3. The smallest absolute Gasteiger partial charge is 0.169 e. The average molecular weight is 392 g/mol. The first-order valence-electron chi connectivity index (χ1n) is 9.67. The normalized spacial score (nSPS) is 10.7. The van der Waals surface area contributed by atoms with Gasteiger partial charge in [-0.2, -0.15) is 0 Å². The number of rotatable bonds is 6. The largest absolute Gasteiger partial charge is 0.504 e. The van der Waals surface area contributed by atoms with Crippen LogP contribution in [0.4, 0.5) is 0 Å². The molecular formula is C25H28O4. The van der Waals surface area contributed by atoms with Crippen LogP contribution in [0.15, 0.2) is 42.5 Å². The molecule has 0 aliphatic heterocycles. The van der Waals surface area contributed by atoms with E-state index in [1.807, 2.05) is 51.1 Å². The van der Waals surface area contributed by atoms with Crippen molar-refractivity contribution < 1.29 is 19.3 Å². The molecule has 3 rings (SSSR count). The van der Waals surface area contributed by atoms with Gasteiger partial charge in [0.15, 0.2) is 11.5 Å². The summed E-state index contributed by atoms with van der Waals surface area (Å²) >= 11 is 0. The summed E-state index contributed by atoms with van der Waals surface area (Å²) in [5, 5.41) is 10.8. The number of ether oxygens (including phenoxy) is 3. The van der Waals surface area contributed by atoms with Gasteiger partial charge in [-0.1, -0.05) is 19.1 Å². The number of benzene rings is 3. The third-order valence-electron chi connectivity index (χ3n) is 5.31. The number of methoxy groups -OCH3 is 3. The van der Waals surface area contributed by atoms with Crippen LogP contribution < -0.4 is 14.2 Å². The van der Waals surface area contributed by atoms with Crippen molar-refractivity contribution in [1.82, 2.24) is 0 Å². The van der Waals surface area contributed by atoms with Crippen molar-refractivity contribution in [2.24, 2.45) is 0 Å². The molecule has 0 aromatic heterocycles. The second-order valence-corrected chi connectivity index (χ2v) is 7.06. The molecule has 4 nitrogen and oxygen atoms in total. The van der Waals surface area contributed by atoms with E-state index in [0.717, 1.165) is 50.4 Å². The minimum Gasteiger partial charge on any atom is -0.504 e. The van der Waals surface area contributed by atoms with Crippen LogP contribution in [-0.4, -0.2) is 26.4 Å². The Morgan fingerprint density at radius 1 is 0.759 bits per heavy atom. The Hall–Kier alpha value is -3.14. The SMILES string of the molecule is CCc1cc(-c2ccc(OC)c(C)c2)c(-c2ccc(OC)c(C)c2)c(OC)c1O. The number of phenolic OH excluding ortho intramolecular Hbond substituents is 1. The van der Waals surface area contributed by atoms with Gasteiger partial charge in [-0.05, 0) is 84.0 Å². The third-order valence-corrected chi connectivity index (χ3v) is 5.31. The van der Waals surface area contributed by atoms with Gasteiger partial charge in [-0.15, -0.1) is 0 Å². The molecular weight excluding hydrogens is 364 g/mol. The lowest BCUT2D eigenvalue weighted by Crippen LogP contribution is -1.98. The maximum absolute atomic E-state index is 10.8. The lowest BCUT2D eigenvalue weighted by molar-refractivity contribution is 0.372. The molecule has 0 unspecified atom stereocenters. The second kappa shape index (κ2) is 8.48. The Balaban J connectivity index is 2.35. The van der Waals surface area contributed by atoms with Crippen LogP contribution in [-0.2, 0) is 6.42 Å². The van der Waals surface area contributed by atoms with E-state index in [9.17, 15) is 5.11 Å². The van der Waals surface area contributed by atoms with E-state index in [-0.39, 0.29) is 5.75 Å². The summed E-state index contributed by atoms with van der Waals surface area (Å²) in [4.78, 5) is 0. The highest BCUT2D eigenvalue weighted by atomic mass is 16.5. The van der Waals surface area contributed by atoms with E-state index in [1.165, 1.54) is 0 Å². The van der Waals surface area contributed by atoms with Crippen LogP contribution in [0.5, 0.6) is 23.0 Å². The van der Waals surface area contributed by atoms with E-state index in [4.69, 9.17) is 14.2 Å². The highest BCUT2D eigenvalue weighted by Gasteiger charge is 2.21. The van der Waals surface area contributed by atoms with Gasteiger partial charge >= 0.3 is 0 Å². The average Bonchev–Trinajstić information content (AvgIpc) is 2.73. The van der Waals surface area contributed by atoms with E-state index < -0.39 is 0 Å². The Bertz CT molecular complexity index is 1040. The van der Waals surface area contributed by atoms with Crippen molar-refractivity contribution in [2.45, 2.75) is 27.2 Å². The molecule has 0 amide bonds. The molecule has 4 heteroatoms. The first-order valence-corrected chi connectivity index (χ1v) is 9.67. The molecule has 3 aromatic carbocycles. The predicted octanol–water partition coefficient (Wildman–Crippen LogP) is 5.93. The van der Waals surface area contributed by atoms with Crippen molar-refractivity contribution in [3.05, 3.63) is 59.2 Å². The number of hydrogen-bond donors (Lipinski definition) is 1. The maximum atomic E-state index is 10.8. The molecule has 0 aliphatic rings. The quantitative estimate of drug-likeness (QED) is 0.565. The number of hydrogen-bond acceptors (Lipinski definition) is 4. The molecule has 152 valence electrons. The third kappa shape index (κ3) is 3.75. The number of phenols is 1. The second-order valence-electron chi connectivity index (χ2n) is 7.06. The molecule has 0 aliphatic carbocycles.